The normalized spacial score (nSPS) is 18.5. The molecule has 2 rings (SSSR count). The first-order chi connectivity index (χ1) is 8.81. The zero-order valence-corrected chi connectivity index (χ0v) is 10.3. The monoisotopic (exact) mass is 243 g/mol. The molecule has 1 aliphatic heterocycles. The van der Waals surface area contributed by atoms with Gasteiger partial charge in [0.15, 0.2) is 0 Å². The molecule has 1 unspecified atom stereocenters. The molecule has 1 fully saturated rings. The fourth-order valence-electron chi connectivity index (χ4n) is 2.31. The van der Waals surface area contributed by atoms with E-state index in [0.717, 1.165) is 25.1 Å². The number of carbonyl (C=O) groups is 1. The van der Waals surface area contributed by atoms with Gasteiger partial charge >= 0.3 is 0 Å². The van der Waals surface area contributed by atoms with Crippen molar-refractivity contribution in [3.63, 3.8) is 0 Å². The molecular weight excluding hydrogens is 226 g/mol. The SMILES string of the molecule is N#CCC(c1ccccc1)N1CCCNC(=O)C1. The van der Waals surface area contributed by atoms with E-state index in [1.165, 1.54) is 0 Å². The van der Waals surface area contributed by atoms with Gasteiger partial charge in [0, 0.05) is 19.1 Å². The molecular formula is C14H17N3O. The number of nitrogens with zero attached hydrogens (tertiary/aromatic N) is 2. The third-order valence-corrected chi connectivity index (χ3v) is 3.20. The van der Waals surface area contributed by atoms with Crippen LogP contribution in [0.3, 0.4) is 0 Å². The third-order valence-electron chi connectivity index (χ3n) is 3.20. The maximum absolute atomic E-state index is 11.6. The Labute approximate surface area is 107 Å². The molecule has 1 heterocycles. The van der Waals surface area contributed by atoms with Crippen molar-refractivity contribution in [3.8, 4) is 6.07 Å². The summed E-state index contributed by atoms with van der Waals surface area (Å²) in [4.78, 5) is 13.7. The molecule has 0 radical (unpaired) electrons. The Balaban J connectivity index is 2.19. The first kappa shape index (κ1) is 12.6. The topological polar surface area (TPSA) is 56.1 Å². The summed E-state index contributed by atoms with van der Waals surface area (Å²) in [6.45, 7) is 1.95. The summed E-state index contributed by atoms with van der Waals surface area (Å²) in [5, 5.41) is 11.8. The molecule has 4 heteroatoms. The van der Waals surface area contributed by atoms with Crippen LogP contribution in [0.15, 0.2) is 30.3 Å². The van der Waals surface area contributed by atoms with Crippen LogP contribution >= 0.6 is 0 Å². The van der Waals surface area contributed by atoms with Crippen LogP contribution in [-0.2, 0) is 4.79 Å². The predicted octanol–water partition coefficient (Wildman–Crippen LogP) is 1.46. The highest BCUT2D eigenvalue weighted by atomic mass is 16.2. The van der Waals surface area contributed by atoms with Gasteiger partial charge < -0.3 is 5.32 Å². The van der Waals surface area contributed by atoms with E-state index in [0.29, 0.717) is 13.0 Å². The van der Waals surface area contributed by atoms with E-state index < -0.39 is 0 Å². The summed E-state index contributed by atoms with van der Waals surface area (Å²) >= 11 is 0. The van der Waals surface area contributed by atoms with Crippen LogP contribution in [0.5, 0.6) is 0 Å². The highest BCUT2D eigenvalue weighted by molar-refractivity contribution is 5.78. The minimum absolute atomic E-state index is 0.0139. The van der Waals surface area contributed by atoms with Gasteiger partial charge in [0.05, 0.1) is 19.0 Å². The Bertz CT molecular complexity index is 438. The fraction of sp³-hybridized carbons (Fsp3) is 0.429. The maximum Gasteiger partial charge on any atom is 0.234 e. The zero-order chi connectivity index (χ0) is 12.8. The van der Waals surface area contributed by atoms with Crippen molar-refractivity contribution in [1.82, 2.24) is 10.2 Å². The van der Waals surface area contributed by atoms with Crippen molar-refractivity contribution in [3.05, 3.63) is 35.9 Å². The van der Waals surface area contributed by atoms with E-state index in [4.69, 9.17) is 5.26 Å². The quantitative estimate of drug-likeness (QED) is 0.874. The molecule has 0 bridgehead atoms. The lowest BCUT2D eigenvalue weighted by Crippen LogP contribution is -2.35. The minimum atomic E-state index is 0.0139. The van der Waals surface area contributed by atoms with Crippen LogP contribution in [0.1, 0.15) is 24.4 Å². The van der Waals surface area contributed by atoms with Crippen LogP contribution in [0.2, 0.25) is 0 Å². The maximum atomic E-state index is 11.6. The van der Waals surface area contributed by atoms with Crippen LogP contribution in [-0.4, -0.2) is 30.4 Å². The summed E-state index contributed by atoms with van der Waals surface area (Å²) in [6.07, 6.45) is 1.35. The average molecular weight is 243 g/mol. The molecule has 1 N–H and O–H groups in total. The van der Waals surface area contributed by atoms with Crippen LogP contribution in [0.25, 0.3) is 0 Å². The van der Waals surface area contributed by atoms with Crippen molar-refractivity contribution in [1.29, 1.82) is 5.26 Å². The lowest BCUT2D eigenvalue weighted by molar-refractivity contribution is -0.121. The number of hydrogen-bond acceptors (Lipinski definition) is 3. The average Bonchev–Trinajstić information content (AvgIpc) is 2.61. The van der Waals surface area contributed by atoms with Gasteiger partial charge in [-0.25, -0.2) is 0 Å². The van der Waals surface area contributed by atoms with Crippen molar-refractivity contribution in [2.45, 2.75) is 18.9 Å². The molecule has 1 amide bonds. The van der Waals surface area contributed by atoms with Gasteiger partial charge in [-0.3, -0.25) is 9.69 Å². The molecule has 1 aliphatic rings. The Morgan fingerprint density at radius 1 is 1.39 bits per heavy atom. The largest absolute Gasteiger partial charge is 0.355 e. The number of amides is 1. The second-order valence-corrected chi connectivity index (χ2v) is 4.46. The summed E-state index contributed by atoms with van der Waals surface area (Å²) < 4.78 is 0. The van der Waals surface area contributed by atoms with Crippen molar-refractivity contribution in [2.24, 2.45) is 0 Å². The van der Waals surface area contributed by atoms with Gasteiger partial charge in [0.1, 0.15) is 0 Å². The van der Waals surface area contributed by atoms with Crippen LogP contribution < -0.4 is 5.32 Å². The molecule has 0 aliphatic carbocycles. The summed E-state index contributed by atoms with van der Waals surface area (Å²) in [7, 11) is 0. The number of benzene rings is 1. The number of carbonyl (C=O) groups excluding carboxylic acids is 1. The second-order valence-electron chi connectivity index (χ2n) is 4.46. The van der Waals surface area contributed by atoms with E-state index >= 15 is 0 Å². The van der Waals surface area contributed by atoms with Gasteiger partial charge in [0.2, 0.25) is 5.91 Å². The van der Waals surface area contributed by atoms with E-state index in [9.17, 15) is 4.79 Å². The van der Waals surface area contributed by atoms with E-state index in [1.807, 2.05) is 30.3 Å². The Morgan fingerprint density at radius 3 is 2.89 bits per heavy atom. The predicted molar refractivity (Wildman–Crippen MR) is 68.6 cm³/mol. The van der Waals surface area contributed by atoms with E-state index in [-0.39, 0.29) is 11.9 Å². The molecule has 1 aromatic rings. The fourth-order valence-corrected chi connectivity index (χ4v) is 2.31. The Hall–Kier alpha value is -1.86. The first-order valence-electron chi connectivity index (χ1n) is 6.24. The lowest BCUT2D eigenvalue weighted by Gasteiger charge is -2.28. The molecule has 0 aromatic heterocycles. The highest BCUT2D eigenvalue weighted by Crippen LogP contribution is 2.24. The molecule has 1 saturated heterocycles. The molecule has 1 atom stereocenters. The standard InChI is InChI=1S/C14H17N3O/c15-8-7-13(12-5-2-1-3-6-12)17-10-4-9-16-14(18)11-17/h1-3,5-6,13H,4,7,9-11H2,(H,16,18). The van der Waals surface area contributed by atoms with Crippen molar-refractivity contribution in [2.75, 3.05) is 19.6 Å². The third kappa shape index (κ3) is 3.08. The van der Waals surface area contributed by atoms with E-state index in [2.05, 4.69) is 16.3 Å². The van der Waals surface area contributed by atoms with Crippen LogP contribution in [0, 0.1) is 11.3 Å². The van der Waals surface area contributed by atoms with Gasteiger partial charge in [-0.2, -0.15) is 5.26 Å². The van der Waals surface area contributed by atoms with Gasteiger partial charge in [-0.15, -0.1) is 0 Å². The van der Waals surface area contributed by atoms with Crippen molar-refractivity contribution >= 4 is 5.91 Å². The highest BCUT2D eigenvalue weighted by Gasteiger charge is 2.23. The summed E-state index contributed by atoms with van der Waals surface area (Å²) in [5.41, 5.74) is 1.11. The summed E-state index contributed by atoms with van der Waals surface area (Å²) in [6, 6.07) is 12.2. The van der Waals surface area contributed by atoms with Gasteiger partial charge in [0.25, 0.3) is 0 Å². The summed E-state index contributed by atoms with van der Waals surface area (Å²) in [5.74, 6) is 0.0476. The van der Waals surface area contributed by atoms with Crippen molar-refractivity contribution < 1.29 is 4.79 Å². The minimum Gasteiger partial charge on any atom is -0.355 e. The number of rotatable bonds is 3. The Morgan fingerprint density at radius 2 is 2.17 bits per heavy atom. The number of nitrogens with one attached hydrogen (secondary N) is 1. The number of hydrogen-bond donors (Lipinski definition) is 1. The van der Waals surface area contributed by atoms with Gasteiger partial charge in [-0.05, 0) is 12.0 Å². The smallest absolute Gasteiger partial charge is 0.234 e. The molecule has 1 aromatic carbocycles. The zero-order valence-electron chi connectivity index (χ0n) is 10.3. The number of nitriles is 1. The molecule has 0 spiro atoms. The van der Waals surface area contributed by atoms with Gasteiger partial charge in [-0.1, -0.05) is 30.3 Å². The lowest BCUT2D eigenvalue weighted by atomic mass is 10.0. The van der Waals surface area contributed by atoms with E-state index in [1.54, 1.807) is 0 Å². The first-order valence-corrected chi connectivity index (χ1v) is 6.24. The second kappa shape index (κ2) is 6.18. The van der Waals surface area contributed by atoms with Crippen LogP contribution in [0.4, 0.5) is 0 Å². The molecule has 94 valence electrons. The Kier molecular flexibility index (Phi) is 4.32. The molecule has 18 heavy (non-hydrogen) atoms. The molecule has 0 saturated carbocycles. The molecule has 4 nitrogen and oxygen atoms in total.